The van der Waals surface area contributed by atoms with E-state index in [4.69, 9.17) is 0 Å². The second-order valence-corrected chi connectivity index (χ2v) is 10.3. The van der Waals surface area contributed by atoms with Gasteiger partial charge in [-0.3, -0.25) is 9.59 Å². The van der Waals surface area contributed by atoms with Crippen molar-refractivity contribution >= 4 is 35.6 Å². The minimum absolute atomic E-state index is 0.0339. The topological polar surface area (TPSA) is 143 Å². The number of unbranched alkanes of at least 4 members (excludes halogenated alkanes) is 4. The van der Waals surface area contributed by atoms with E-state index >= 15 is 0 Å². The summed E-state index contributed by atoms with van der Waals surface area (Å²) in [6.07, 6.45) is 10.1. The smallest absolute Gasteiger partial charge is 0.315 e. The zero-order valence-electron chi connectivity index (χ0n) is 19.9. The molecule has 2 aliphatic rings. The van der Waals surface area contributed by atoms with Gasteiger partial charge in [0.25, 0.3) is 5.91 Å². The number of carboxylic acid groups (broad SMARTS) is 1. The van der Waals surface area contributed by atoms with Crippen LogP contribution in [0.25, 0.3) is 0 Å². The number of pyridine rings is 1. The van der Waals surface area contributed by atoms with Crippen LogP contribution in [-0.2, 0) is 16.1 Å². The molecule has 0 radical (unpaired) electrons. The van der Waals surface area contributed by atoms with Gasteiger partial charge in [-0.2, -0.15) is 16.3 Å². The lowest BCUT2D eigenvalue weighted by Gasteiger charge is -2.16. The number of aromatic carboxylic acids is 1. The van der Waals surface area contributed by atoms with Crippen molar-refractivity contribution in [2.24, 2.45) is 0 Å². The van der Waals surface area contributed by atoms with Crippen LogP contribution in [0.4, 0.5) is 4.79 Å². The quantitative estimate of drug-likeness (QED) is 0.148. The van der Waals surface area contributed by atoms with Crippen molar-refractivity contribution < 1.29 is 28.9 Å². The van der Waals surface area contributed by atoms with Crippen LogP contribution in [-0.4, -0.2) is 60.0 Å². The second-order valence-electron chi connectivity index (χ2n) is 9.03. The van der Waals surface area contributed by atoms with E-state index in [1.54, 1.807) is 12.3 Å². The second kappa shape index (κ2) is 13.9. The summed E-state index contributed by atoms with van der Waals surface area (Å²) in [6.45, 7) is 1.28. The van der Waals surface area contributed by atoms with E-state index < -0.39 is 5.97 Å². The number of carboxylic acids is 1. The molecule has 1 aromatic rings. The van der Waals surface area contributed by atoms with Crippen molar-refractivity contribution in [3.8, 4) is 0 Å². The number of nitrogens with one attached hydrogen (secondary N) is 4. The molecule has 2 aliphatic heterocycles. The van der Waals surface area contributed by atoms with Gasteiger partial charge in [-0.05, 0) is 31.7 Å². The van der Waals surface area contributed by atoms with Crippen molar-refractivity contribution in [3.05, 3.63) is 30.1 Å². The molecule has 3 atom stereocenters. The molecule has 4 N–H and O–H groups in total. The maximum absolute atomic E-state index is 12.0. The number of thioether (sulfide) groups is 1. The Morgan fingerprint density at radius 2 is 1.77 bits per heavy atom. The summed E-state index contributed by atoms with van der Waals surface area (Å²) in [6, 6.07) is 3.40. The lowest BCUT2D eigenvalue weighted by Crippen LogP contribution is -2.43. The van der Waals surface area contributed by atoms with Crippen LogP contribution in [0.15, 0.2) is 24.5 Å². The first-order valence-electron chi connectivity index (χ1n) is 12.3. The summed E-state index contributed by atoms with van der Waals surface area (Å²) in [7, 11) is 0. The van der Waals surface area contributed by atoms with Gasteiger partial charge in [0.05, 0.1) is 23.6 Å². The van der Waals surface area contributed by atoms with E-state index in [-0.39, 0.29) is 42.0 Å². The molecular formula is C24H35N5O5S. The standard InChI is InChI=1S/C24H35N5O5S/c30-20(10-4-3-9-19-22-18(16-35-19)27-24(34)28-22)25-11-5-1-2-6-12-26-21(31)15-29-13-7-8-17(14-29)23(32)33/h7-8,13-14,18-19,22H,1-6,9-12,15-16H2,(H4-,25,26,27,28,30,31,32,33,34)/t18-,19-,22-/m0/s1. The normalized spacial score (nSPS) is 20.6. The summed E-state index contributed by atoms with van der Waals surface area (Å²) in [4.78, 5) is 46.3. The minimum atomic E-state index is -1.27. The van der Waals surface area contributed by atoms with Crippen LogP contribution in [0.2, 0.25) is 0 Å². The third-order valence-corrected chi connectivity index (χ3v) is 7.76. The summed E-state index contributed by atoms with van der Waals surface area (Å²) in [5, 5.41) is 23.1. The maximum atomic E-state index is 12.0. The van der Waals surface area contributed by atoms with Crippen molar-refractivity contribution in [1.82, 2.24) is 21.3 Å². The van der Waals surface area contributed by atoms with Gasteiger partial charge in [0.15, 0.2) is 12.4 Å². The highest BCUT2D eigenvalue weighted by Gasteiger charge is 2.42. The lowest BCUT2D eigenvalue weighted by molar-refractivity contribution is -0.684. The molecule has 0 aromatic carbocycles. The SMILES string of the molecule is O=C(CCCC[C@@H]1SC[C@@H]2NC(=O)N[C@@H]21)NCCCCCCNC(=O)C[n+]1cccc(C(=O)[O-])c1. The molecule has 0 aliphatic carbocycles. The van der Waals surface area contributed by atoms with Gasteiger partial charge in [0.1, 0.15) is 0 Å². The van der Waals surface area contributed by atoms with E-state index in [1.165, 1.54) is 16.8 Å². The number of urea groups is 1. The monoisotopic (exact) mass is 505 g/mol. The Kier molecular flexibility index (Phi) is 10.6. The molecule has 3 heterocycles. The van der Waals surface area contributed by atoms with Gasteiger partial charge in [0, 0.05) is 36.6 Å². The first kappa shape index (κ1) is 26.8. The molecule has 2 saturated heterocycles. The molecule has 35 heavy (non-hydrogen) atoms. The zero-order chi connectivity index (χ0) is 25.0. The van der Waals surface area contributed by atoms with Gasteiger partial charge < -0.3 is 31.2 Å². The molecule has 2 fully saturated rings. The number of nitrogens with zero attached hydrogens (tertiary/aromatic N) is 1. The van der Waals surface area contributed by atoms with Crippen LogP contribution in [0, 0.1) is 0 Å². The number of carbonyl (C=O) groups excluding carboxylic acids is 4. The first-order valence-corrected chi connectivity index (χ1v) is 13.4. The zero-order valence-corrected chi connectivity index (χ0v) is 20.7. The third kappa shape index (κ3) is 9.04. The molecule has 4 amide bonds. The van der Waals surface area contributed by atoms with E-state index in [2.05, 4.69) is 21.3 Å². The first-order chi connectivity index (χ1) is 16.9. The van der Waals surface area contributed by atoms with Crippen LogP contribution in [0.5, 0.6) is 0 Å². The van der Waals surface area contributed by atoms with Gasteiger partial charge >= 0.3 is 6.03 Å². The highest BCUT2D eigenvalue weighted by atomic mass is 32.2. The number of amides is 4. The molecule has 1 aromatic heterocycles. The van der Waals surface area contributed by atoms with Gasteiger partial charge in [-0.15, -0.1) is 0 Å². The molecule has 192 valence electrons. The number of carbonyl (C=O) groups is 4. The number of fused-ring (bicyclic) bond motifs is 1. The molecule has 0 bridgehead atoms. The number of rotatable bonds is 15. The Balaban J connectivity index is 1.13. The molecule has 0 spiro atoms. The van der Waals surface area contributed by atoms with Crippen molar-refractivity contribution in [2.75, 3.05) is 18.8 Å². The number of hydrogen-bond acceptors (Lipinski definition) is 6. The third-order valence-electron chi connectivity index (χ3n) is 6.25. The van der Waals surface area contributed by atoms with E-state index in [0.717, 1.165) is 50.7 Å². The van der Waals surface area contributed by atoms with Gasteiger partial charge in [-0.1, -0.05) is 19.3 Å². The summed E-state index contributed by atoms with van der Waals surface area (Å²) < 4.78 is 1.51. The highest BCUT2D eigenvalue weighted by Crippen LogP contribution is 2.33. The molecule has 10 nitrogen and oxygen atoms in total. The fraction of sp³-hybridized carbons (Fsp3) is 0.625. The van der Waals surface area contributed by atoms with Crippen LogP contribution < -0.4 is 30.9 Å². The molecule has 0 unspecified atom stereocenters. The van der Waals surface area contributed by atoms with E-state index in [0.29, 0.717) is 24.8 Å². The lowest BCUT2D eigenvalue weighted by atomic mass is 10.0. The minimum Gasteiger partial charge on any atom is -0.545 e. The molecule has 11 heteroatoms. The Morgan fingerprint density at radius 3 is 2.51 bits per heavy atom. The van der Waals surface area contributed by atoms with Crippen molar-refractivity contribution in [3.63, 3.8) is 0 Å². The van der Waals surface area contributed by atoms with E-state index in [9.17, 15) is 24.3 Å². The van der Waals surface area contributed by atoms with Gasteiger partial charge in [-0.25, -0.2) is 4.79 Å². The molecular weight excluding hydrogens is 470 g/mol. The average Bonchev–Trinajstić information content (AvgIpc) is 3.37. The van der Waals surface area contributed by atoms with Gasteiger partial charge in [0.2, 0.25) is 12.5 Å². The predicted octanol–water partition coefficient (Wildman–Crippen LogP) is -0.144. The van der Waals surface area contributed by atoms with Crippen molar-refractivity contribution in [1.29, 1.82) is 0 Å². The maximum Gasteiger partial charge on any atom is 0.315 e. The Labute approximate surface area is 210 Å². The predicted molar refractivity (Wildman–Crippen MR) is 129 cm³/mol. The summed E-state index contributed by atoms with van der Waals surface area (Å²) in [5.41, 5.74) is 0.0339. The Hall–Kier alpha value is -2.82. The summed E-state index contributed by atoms with van der Waals surface area (Å²) in [5.74, 6) is -0.396. The van der Waals surface area contributed by atoms with Crippen LogP contribution in [0.1, 0.15) is 61.7 Å². The van der Waals surface area contributed by atoms with Crippen LogP contribution in [0.3, 0.4) is 0 Å². The molecule has 0 saturated carbocycles. The number of aromatic nitrogens is 1. The van der Waals surface area contributed by atoms with Crippen LogP contribution >= 0.6 is 11.8 Å². The number of hydrogen-bond donors (Lipinski definition) is 4. The fourth-order valence-corrected chi connectivity index (χ4v) is 5.93. The van der Waals surface area contributed by atoms with E-state index in [1.807, 2.05) is 11.8 Å². The largest absolute Gasteiger partial charge is 0.545 e. The van der Waals surface area contributed by atoms with Crippen molar-refractivity contribution in [2.45, 2.75) is 75.2 Å². The summed E-state index contributed by atoms with van der Waals surface area (Å²) >= 11 is 1.90. The highest BCUT2D eigenvalue weighted by molar-refractivity contribution is 8.00. The molecule has 3 rings (SSSR count). The average molecular weight is 506 g/mol. The Bertz CT molecular complexity index is 899. The fourth-order valence-electron chi connectivity index (χ4n) is 4.38. The Morgan fingerprint density at radius 1 is 1.03 bits per heavy atom.